The summed E-state index contributed by atoms with van der Waals surface area (Å²) in [6, 6.07) is 11.8. The van der Waals surface area contributed by atoms with Crippen LogP contribution in [0.3, 0.4) is 0 Å². The van der Waals surface area contributed by atoms with E-state index >= 15 is 0 Å². The average Bonchev–Trinajstić information content (AvgIpc) is 2.98. The van der Waals surface area contributed by atoms with E-state index in [0.717, 1.165) is 11.1 Å². The van der Waals surface area contributed by atoms with Crippen LogP contribution in [0, 0.1) is 12.7 Å². The van der Waals surface area contributed by atoms with Gasteiger partial charge in [-0.2, -0.15) is 5.10 Å². The third-order valence-corrected chi connectivity index (χ3v) is 3.95. The number of aryl methyl sites for hydroxylation is 2. The predicted molar refractivity (Wildman–Crippen MR) is 104 cm³/mol. The lowest BCUT2D eigenvalue weighted by molar-refractivity contribution is 0.102. The highest BCUT2D eigenvalue weighted by atomic mass is 35.5. The number of amides is 1. The second kappa shape index (κ2) is 8.63. The highest BCUT2D eigenvalue weighted by molar-refractivity contribution is 6.31. The quantitative estimate of drug-likeness (QED) is 0.662. The van der Waals surface area contributed by atoms with Crippen molar-refractivity contribution in [1.82, 2.24) is 9.78 Å². The van der Waals surface area contributed by atoms with Gasteiger partial charge in [-0.15, -0.1) is 0 Å². The van der Waals surface area contributed by atoms with Gasteiger partial charge in [-0.1, -0.05) is 49.7 Å². The molecule has 0 aliphatic rings. The summed E-state index contributed by atoms with van der Waals surface area (Å²) in [6.45, 7) is 5.78. The number of nitrogens with zero attached hydrogens (tertiary/aromatic N) is 2. The monoisotopic (exact) mass is 373 g/mol. The van der Waals surface area contributed by atoms with Crippen molar-refractivity contribution in [1.29, 1.82) is 0 Å². The summed E-state index contributed by atoms with van der Waals surface area (Å²) < 4.78 is 15.0. The summed E-state index contributed by atoms with van der Waals surface area (Å²) >= 11 is 5.87. The number of nitrogens with one attached hydrogen (secondary N) is 1. The maximum Gasteiger partial charge on any atom is 0.259 e. The van der Waals surface area contributed by atoms with Gasteiger partial charge in [0.15, 0.2) is 0 Å². The molecule has 0 unspecified atom stereocenters. The number of hydrogen-bond acceptors (Lipinski definition) is 2. The van der Waals surface area contributed by atoms with Gasteiger partial charge in [-0.25, -0.2) is 4.39 Å². The van der Waals surface area contributed by atoms with Crippen molar-refractivity contribution in [2.45, 2.75) is 20.8 Å². The van der Waals surface area contributed by atoms with Crippen molar-refractivity contribution < 1.29 is 9.18 Å². The number of hydrogen-bond donors (Lipinski definition) is 1. The predicted octanol–water partition coefficient (Wildman–Crippen LogP) is 5.47. The zero-order chi connectivity index (χ0) is 19.3. The average molecular weight is 374 g/mol. The van der Waals surface area contributed by atoms with Crippen molar-refractivity contribution >= 4 is 23.2 Å². The molecule has 4 nitrogen and oxygen atoms in total. The van der Waals surface area contributed by atoms with Crippen molar-refractivity contribution in [2.75, 3.05) is 5.32 Å². The van der Waals surface area contributed by atoms with Crippen LogP contribution < -0.4 is 5.32 Å². The summed E-state index contributed by atoms with van der Waals surface area (Å²) in [5, 5.41) is 7.10. The Morgan fingerprint density at radius 3 is 2.50 bits per heavy atom. The van der Waals surface area contributed by atoms with Crippen molar-refractivity contribution in [3.05, 3.63) is 70.8 Å². The van der Waals surface area contributed by atoms with E-state index in [1.807, 2.05) is 32.0 Å². The molecule has 0 aliphatic carbocycles. The Balaban J connectivity index is 0.00000117. The molecule has 0 fully saturated rings. The molecule has 3 aromatic rings. The summed E-state index contributed by atoms with van der Waals surface area (Å²) in [6.07, 6.45) is 1.67. The molecule has 0 aliphatic heterocycles. The molecule has 0 saturated carbocycles. The van der Waals surface area contributed by atoms with Gasteiger partial charge in [0.05, 0.1) is 16.3 Å². The normalized spacial score (nSPS) is 10.1. The summed E-state index contributed by atoms with van der Waals surface area (Å²) in [4.78, 5) is 12.5. The van der Waals surface area contributed by atoms with E-state index in [9.17, 15) is 9.18 Å². The number of benzene rings is 2. The summed E-state index contributed by atoms with van der Waals surface area (Å²) in [5.74, 6) is -0.728. The smallest absolute Gasteiger partial charge is 0.259 e. The summed E-state index contributed by atoms with van der Waals surface area (Å²) in [7, 11) is 1.76. The molecule has 1 aromatic heterocycles. The Morgan fingerprint density at radius 2 is 1.88 bits per heavy atom. The van der Waals surface area contributed by atoms with Crippen LogP contribution in [0.2, 0.25) is 5.02 Å². The van der Waals surface area contributed by atoms with Crippen LogP contribution in [0.5, 0.6) is 0 Å². The van der Waals surface area contributed by atoms with Crippen molar-refractivity contribution in [3.63, 3.8) is 0 Å². The van der Waals surface area contributed by atoms with Crippen LogP contribution in [0.1, 0.15) is 29.9 Å². The lowest BCUT2D eigenvalue weighted by Gasteiger charge is -2.11. The second-order valence-corrected chi connectivity index (χ2v) is 5.84. The largest absolute Gasteiger partial charge is 0.321 e. The Hall–Kier alpha value is -2.66. The van der Waals surface area contributed by atoms with E-state index < -0.39 is 5.82 Å². The fourth-order valence-corrected chi connectivity index (χ4v) is 2.70. The number of para-hydroxylation sites is 1. The van der Waals surface area contributed by atoms with Crippen LogP contribution in [-0.4, -0.2) is 15.7 Å². The van der Waals surface area contributed by atoms with E-state index in [4.69, 9.17) is 11.6 Å². The third kappa shape index (κ3) is 4.29. The fourth-order valence-electron chi connectivity index (χ4n) is 2.52. The van der Waals surface area contributed by atoms with Crippen LogP contribution in [0.15, 0.2) is 48.7 Å². The molecule has 6 heteroatoms. The first kappa shape index (κ1) is 19.7. The molecule has 1 amide bonds. The number of anilines is 1. The molecule has 26 heavy (non-hydrogen) atoms. The number of aromatic nitrogens is 2. The zero-order valence-electron chi connectivity index (χ0n) is 15.2. The maximum atomic E-state index is 13.4. The molecule has 0 radical (unpaired) electrons. The Labute approximate surface area is 157 Å². The Bertz CT molecular complexity index is 921. The topological polar surface area (TPSA) is 46.9 Å². The van der Waals surface area contributed by atoms with Crippen LogP contribution in [-0.2, 0) is 7.05 Å². The molecular formula is C20H21ClFN3O. The molecule has 1 N–H and O–H groups in total. The molecule has 0 saturated heterocycles. The first-order chi connectivity index (χ1) is 12.5. The molecule has 0 spiro atoms. The van der Waals surface area contributed by atoms with Crippen LogP contribution in [0.25, 0.3) is 11.1 Å². The van der Waals surface area contributed by atoms with E-state index in [-0.39, 0.29) is 10.9 Å². The second-order valence-electron chi connectivity index (χ2n) is 5.43. The van der Waals surface area contributed by atoms with Crippen molar-refractivity contribution in [3.8, 4) is 11.1 Å². The van der Waals surface area contributed by atoms with Gasteiger partial charge >= 0.3 is 0 Å². The van der Waals surface area contributed by atoms with E-state index in [1.54, 1.807) is 37.0 Å². The number of halogens is 2. The molecule has 1 heterocycles. The van der Waals surface area contributed by atoms with Crippen molar-refractivity contribution in [2.24, 2.45) is 7.05 Å². The SMILES string of the molecule is CC.Cc1nn(C)cc1C(=O)Nc1ccccc1-c1ccc(F)c(Cl)c1. The van der Waals surface area contributed by atoms with E-state index in [1.165, 1.54) is 12.1 Å². The highest BCUT2D eigenvalue weighted by Crippen LogP contribution is 2.31. The zero-order valence-corrected chi connectivity index (χ0v) is 15.9. The molecule has 0 bridgehead atoms. The van der Waals surface area contributed by atoms with Gasteiger partial charge < -0.3 is 5.32 Å². The van der Waals surface area contributed by atoms with Gasteiger partial charge in [0.2, 0.25) is 0 Å². The lowest BCUT2D eigenvalue weighted by Crippen LogP contribution is -2.13. The minimum atomic E-state index is -0.479. The molecule has 2 aromatic carbocycles. The first-order valence-electron chi connectivity index (χ1n) is 8.32. The molecule has 3 rings (SSSR count). The fraction of sp³-hybridized carbons (Fsp3) is 0.200. The minimum Gasteiger partial charge on any atom is -0.321 e. The minimum absolute atomic E-state index is 0.0386. The number of rotatable bonds is 3. The van der Waals surface area contributed by atoms with Gasteiger partial charge in [0.25, 0.3) is 5.91 Å². The lowest BCUT2D eigenvalue weighted by atomic mass is 10.0. The number of carbonyl (C=O) groups excluding carboxylic acids is 1. The highest BCUT2D eigenvalue weighted by Gasteiger charge is 2.15. The van der Waals surface area contributed by atoms with Crippen LogP contribution >= 0.6 is 11.6 Å². The van der Waals surface area contributed by atoms with Gasteiger partial charge in [-0.3, -0.25) is 9.48 Å². The Morgan fingerprint density at radius 1 is 1.19 bits per heavy atom. The summed E-state index contributed by atoms with van der Waals surface area (Å²) in [5.41, 5.74) is 3.25. The molecule has 0 atom stereocenters. The van der Waals surface area contributed by atoms with Gasteiger partial charge in [0.1, 0.15) is 5.82 Å². The standard InChI is InChI=1S/C18H15ClFN3O.C2H6/c1-11-14(10-23(2)22-11)18(24)21-17-6-4-3-5-13(17)12-7-8-16(20)15(19)9-12;1-2/h3-10H,1-2H3,(H,21,24);1-2H3. The molecular weight excluding hydrogens is 353 g/mol. The maximum absolute atomic E-state index is 13.4. The van der Waals surface area contributed by atoms with E-state index in [2.05, 4.69) is 10.4 Å². The molecule has 136 valence electrons. The van der Waals surface area contributed by atoms with Gasteiger partial charge in [-0.05, 0) is 30.7 Å². The third-order valence-electron chi connectivity index (χ3n) is 3.66. The first-order valence-corrected chi connectivity index (χ1v) is 8.69. The van der Waals surface area contributed by atoms with E-state index in [0.29, 0.717) is 16.9 Å². The van der Waals surface area contributed by atoms with Gasteiger partial charge in [0, 0.05) is 24.5 Å². The van der Waals surface area contributed by atoms with Crippen LogP contribution in [0.4, 0.5) is 10.1 Å². The Kier molecular flexibility index (Phi) is 6.52. The number of carbonyl (C=O) groups is 1.